The van der Waals surface area contributed by atoms with Crippen molar-refractivity contribution in [2.45, 2.75) is 12.8 Å². The topological polar surface area (TPSA) is 52.4 Å². The maximum Gasteiger partial charge on any atom is 0.272 e. The van der Waals surface area contributed by atoms with Crippen LogP contribution in [0.15, 0.2) is 42.5 Å². The van der Waals surface area contributed by atoms with E-state index in [0.29, 0.717) is 22.9 Å². The molecule has 98 valence electrons. The molecule has 0 saturated carbocycles. The van der Waals surface area contributed by atoms with Crippen molar-refractivity contribution >= 4 is 17.3 Å². The van der Waals surface area contributed by atoms with Gasteiger partial charge in [0, 0.05) is 17.5 Å². The minimum absolute atomic E-state index is 0.0851. The van der Waals surface area contributed by atoms with Crippen molar-refractivity contribution in [2.75, 3.05) is 0 Å². The number of benzene rings is 2. The molecule has 0 bridgehead atoms. The zero-order chi connectivity index (χ0) is 13.8. The number of nitro groups is 1. The van der Waals surface area contributed by atoms with Crippen LogP contribution in [0.3, 0.4) is 0 Å². The van der Waals surface area contributed by atoms with E-state index >= 15 is 0 Å². The molecular formula is C14H12ClNO3. The molecule has 0 spiro atoms. The summed E-state index contributed by atoms with van der Waals surface area (Å²) in [7, 11) is 0. The molecule has 5 heteroatoms. The van der Waals surface area contributed by atoms with Crippen LogP contribution in [0, 0.1) is 17.0 Å². The second-order valence-corrected chi connectivity index (χ2v) is 4.36. The van der Waals surface area contributed by atoms with Gasteiger partial charge in [-0.3, -0.25) is 10.1 Å². The summed E-state index contributed by atoms with van der Waals surface area (Å²) in [4.78, 5) is 10.3. The number of nitro benzene ring substituents is 1. The zero-order valence-corrected chi connectivity index (χ0v) is 11.1. The van der Waals surface area contributed by atoms with E-state index in [4.69, 9.17) is 16.3 Å². The number of halogens is 1. The predicted octanol–water partition coefficient (Wildman–Crippen LogP) is 4.43. The van der Waals surface area contributed by atoms with Gasteiger partial charge in [-0.05, 0) is 36.8 Å². The molecule has 0 aliphatic rings. The molecule has 19 heavy (non-hydrogen) atoms. The molecule has 0 saturated heterocycles. The van der Waals surface area contributed by atoms with Crippen molar-refractivity contribution < 1.29 is 9.66 Å². The number of aryl methyl sites for hydroxylation is 1. The number of rotatable bonds is 4. The van der Waals surface area contributed by atoms with Crippen molar-refractivity contribution in [3.63, 3.8) is 0 Å². The molecule has 2 rings (SSSR count). The van der Waals surface area contributed by atoms with Gasteiger partial charge in [0.1, 0.15) is 11.5 Å². The van der Waals surface area contributed by atoms with E-state index in [1.165, 1.54) is 6.07 Å². The molecule has 0 unspecified atom stereocenters. The van der Waals surface area contributed by atoms with Crippen LogP contribution in [-0.4, -0.2) is 4.92 Å². The second-order valence-electron chi connectivity index (χ2n) is 4.09. The van der Waals surface area contributed by atoms with Crippen LogP contribution in [0.5, 0.6) is 11.5 Å². The lowest BCUT2D eigenvalue weighted by atomic mass is 10.2. The summed E-state index contributed by atoms with van der Waals surface area (Å²) in [6, 6.07) is 12.1. The van der Waals surface area contributed by atoms with Gasteiger partial charge in [0.15, 0.2) is 0 Å². The molecule has 0 aromatic heterocycles. The van der Waals surface area contributed by atoms with Gasteiger partial charge in [-0.2, -0.15) is 0 Å². The van der Waals surface area contributed by atoms with Crippen molar-refractivity contribution in [1.29, 1.82) is 0 Å². The fraction of sp³-hybridized carbons (Fsp3) is 0.143. The van der Waals surface area contributed by atoms with Crippen LogP contribution >= 0.6 is 11.6 Å². The maximum absolute atomic E-state index is 10.7. The SMILES string of the molecule is Cc1cc(Oc2cccc(CCl)c2)ccc1[N+](=O)[O-]. The van der Waals surface area contributed by atoms with E-state index in [0.717, 1.165) is 5.56 Å². The average molecular weight is 278 g/mol. The normalized spacial score (nSPS) is 10.2. The Morgan fingerprint density at radius 3 is 2.58 bits per heavy atom. The molecule has 4 nitrogen and oxygen atoms in total. The van der Waals surface area contributed by atoms with Crippen LogP contribution in [0.25, 0.3) is 0 Å². The average Bonchev–Trinajstić information content (AvgIpc) is 2.38. The van der Waals surface area contributed by atoms with Crippen LogP contribution in [0.1, 0.15) is 11.1 Å². The van der Waals surface area contributed by atoms with Crippen molar-refractivity contribution in [2.24, 2.45) is 0 Å². The van der Waals surface area contributed by atoms with Gasteiger partial charge in [-0.1, -0.05) is 12.1 Å². The zero-order valence-electron chi connectivity index (χ0n) is 10.3. The summed E-state index contributed by atoms with van der Waals surface area (Å²) in [6.45, 7) is 1.68. The van der Waals surface area contributed by atoms with Crippen molar-refractivity contribution in [1.82, 2.24) is 0 Å². The smallest absolute Gasteiger partial charge is 0.272 e. The number of nitrogens with zero attached hydrogens (tertiary/aromatic N) is 1. The third-order valence-electron chi connectivity index (χ3n) is 2.65. The summed E-state index contributed by atoms with van der Waals surface area (Å²) in [6.07, 6.45) is 0. The quantitative estimate of drug-likeness (QED) is 0.472. The van der Waals surface area contributed by atoms with Crippen LogP contribution in [0.2, 0.25) is 0 Å². The highest BCUT2D eigenvalue weighted by atomic mass is 35.5. The monoisotopic (exact) mass is 277 g/mol. The molecule has 0 N–H and O–H groups in total. The highest BCUT2D eigenvalue weighted by Crippen LogP contribution is 2.27. The number of hydrogen-bond acceptors (Lipinski definition) is 3. The van der Waals surface area contributed by atoms with Gasteiger partial charge < -0.3 is 4.74 Å². The molecule has 0 aliphatic carbocycles. The predicted molar refractivity (Wildman–Crippen MR) is 73.9 cm³/mol. The third kappa shape index (κ3) is 3.23. The molecule has 0 radical (unpaired) electrons. The highest BCUT2D eigenvalue weighted by molar-refractivity contribution is 6.17. The van der Waals surface area contributed by atoms with Crippen molar-refractivity contribution in [3.8, 4) is 11.5 Å². The van der Waals surface area contributed by atoms with Gasteiger partial charge in [-0.25, -0.2) is 0 Å². The Balaban J connectivity index is 2.23. The van der Waals surface area contributed by atoms with E-state index < -0.39 is 4.92 Å². The highest BCUT2D eigenvalue weighted by Gasteiger charge is 2.11. The van der Waals surface area contributed by atoms with E-state index in [-0.39, 0.29) is 5.69 Å². The Kier molecular flexibility index (Phi) is 4.02. The first-order valence-corrected chi connectivity index (χ1v) is 6.21. The molecule has 0 heterocycles. The standard InChI is InChI=1S/C14H12ClNO3/c1-10-7-13(5-6-14(10)16(17)18)19-12-4-2-3-11(8-12)9-15/h2-8H,9H2,1H3. The summed E-state index contributed by atoms with van der Waals surface area (Å²) >= 11 is 5.75. The Hall–Kier alpha value is -2.07. The Bertz CT molecular complexity index is 613. The molecule has 0 fully saturated rings. The van der Waals surface area contributed by atoms with E-state index in [1.807, 2.05) is 24.3 Å². The Labute approximate surface area is 115 Å². The summed E-state index contributed by atoms with van der Waals surface area (Å²) < 4.78 is 5.66. The lowest BCUT2D eigenvalue weighted by molar-refractivity contribution is -0.385. The lowest BCUT2D eigenvalue weighted by Crippen LogP contribution is -1.92. The molecule has 0 atom stereocenters. The van der Waals surface area contributed by atoms with Gasteiger partial charge in [-0.15, -0.1) is 11.6 Å². The largest absolute Gasteiger partial charge is 0.457 e. The molecule has 0 aliphatic heterocycles. The minimum Gasteiger partial charge on any atom is -0.457 e. The Morgan fingerprint density at radius 2 is 1.95 bits per heavy atom. The van der Waals surface area contributed by atoms with Crippen LogP contribution < -0.4 is 4.74 Å². The van der Waals surface area contributed by atoms with Gasteiger partial charge in [0.2, 0.25) is 0 Å². The maximum atomic E-state index is 10.7. The minimum atomic E-state index is -0.409. The van der Waals surface area contributed by atoms with Gasteiger partial charge in [0.05, 0.1) is 4.92 Å². The summed E-state index contributed by atoms with van der Waals surface area (Å²) in [5.41, 5.74) is 1.61. The fourth-order valence-corrected chi connectivity index (χ4v) is 1.89. The van der Waals surface area contributed by atoms with E-state index in [2.05, 4.69) is 0 Å². The van der Waals surface area contributed by atoms with Gasteiger partial charge >= 0.3 is 0 Å². The fourth-order valence-electron chi connectivity index (χ4n) is 1.72. The van der Waals surface area contributed by atoms with E-state index in [9.17, 15) is 10.1 Å². The van der Waals surface area contributed by atoms with Gasteiger partial charge in [0.25, 0.3) is 5.69 Å². The number of ether oxygens (including phenoxy) is 1. The lowest BCUT2D eigenvalue weighted by Gasteiger charge is -2.07. The summed E-state index contributed by atoms with van der Waals surface area (Å²) in [5.74, 6) is 1.64. The first kappa shape index (κ1) is 13.4. The molecule has 2 aromatic rings. The first-order chi connectivity index (χ1) is 9.10. The second kappa shape index (κ2) is 5.71. The van der Waals surface area contributed by atoms with Crippen LogP contribution in [-0.2, 0) is 5.88 Å². The Morgan fingerprint density at radius 1 is 1.21 bits per heavy atom. The third-order valence-corrected chi connectivity index (χ3v) is 2.96. The first-order valence-electron chi connectivity index (χ1n) is 5.68. The number of hydrogen-bond donors (Lipinski definition) is 0. The van der Waals surface area contributed by atoms with E-state index in [1.54, 1.807) is 19.1 Å². The molecule has 0 amide bonds. The summed E-state index contributed by atoms with van der Waals surface area (Å²) in [5, 5.41) is 10.7. The van der Waals surface area contributed by atoms with Crippen molar-refractivity contribution in [3.05, 3.63) is 63.7 Å². The molecule has 2 aromatic carbocycles. The van der Waals surface area contributed by atoms with Crippen LogP contribution in [0.4, 0.5) is 5.69 Å². The number of alkyl halides is 1. The molecular weight excluding hydrogens is 266 g/mol.